The number of aldehydes is 1. The molecule has 3 aromatic carbocycles. The highest BCUT2D eigenvalue weighted by Gasteiger charge is 2.39. The van der Waals surface area contributed by atoms with Crippen LogP contribution < -0.4 is 10.6 Å². The highest BCUT2D eigenvalue weighted by molar-refractivity contribution is 7.27. The predicted octanol–water partition coefficient (Wildman–Crippen LogP) is 7.73. The van der Waals surface area contributed by atoms with E-state index in [0.717, 1.165) is 63.6 Å². The van der Waals surface area contributed by atoms with Crippen LogP contribution in [-0.4, -0.2) is 84.1 Å². The lowest BCUT2D eigenvalue weighted by Gasteiger charge is -2.29. The Morgan fingerprint density at radius 3 is 1.80 bits per heavy atom. The zero-order chi connectivity index (χ0) is 41.7. The van der Waals surface area contributed by atoms with Crippen molar-refractivity contribution in [3.05, 3.63) is 94.7 Å². The van der Waals surface area contributed by atoms with Crippen LogP contribution in [0.3, 0.4) is 0 Å². The molecule has 2 unspecified atom stereocenters. The summed E-state index contributed by atoms with van der Waals surface area (Å²) < 4.78 is 2.35. The van der Waals surface area contributed by atoms with Gasteiger partial charge in [-0.1, -0.05) is 56.3 Å². The highest BCUT2D eigenvalue weighted by Crippen LogP contribution is 2.45. The maximum absolute atomic E-state index is 13.9. The van der Waals surface area contributed by atoms with Gasteiger partial charge in [-0.2, -0.15) is 0 Å². The average molecular weight is 843 g/mol. The fourth-order valence-corrected chi connectivity index (χ4v) is 11.1. The number of thiophene rings is 2. The molecule has 4 atom stereocenters. The second kappa shape index (κ2) is 16.0. The third-order valence-electron chi connectivity index (χ3n) is 11.6. The van der Waals surface area contributed by atoms with E-state index in [-0.39, 0.29) is 36.1 Å². The number of aromatic nitrogens is 4. The van der Waals surface area contributed by atoms with E-state index in [1.165, 1.54) is 9.40 Å². The maximum Gasteiger partial charge on any atom is 0.405 e. The van der Waals surface area contributed by atoms with Crippen molar-refractivity contribution in [3.8, 4) is 22.3 Å². The van der Waals surface area contributed by atoms with Gasteiger partial charge in [0, 0.05) is 35.0 Å². The monoisotopic (exact) mass is 842 g/mol. The second-order valence-corrected chi connectivity index (χ2v) is 17.4. The zero-order valence-electron chi connectivity index (χ0n) is 32.8. The summed E-state index contributed by atoms with van der Waals surface area (Å²) in [6.45, 7) is 4.73. The Balaban J connectivity index is 0.953. The summed E-state index contributed by atoms with van der Waals surface area (Å²) in [6.07, 6.45) is 1.96. The molecule has 0 bridgehead atoms. The number of likely N-dealkylation sites (tertiary alicyclic amines) is 2. The first-order valence-electron chi connectivity index (χ1n) is 20.0. The minimum Gasteiger partial charge on any atom is -0.465 e. The van der Waals surface area contributed by atoms with Crippen LogP contribution in [0.2, 0.25) is 0 Å². The Kier molecular flexibility index (Phi) is 10.4. The summed E-state index contributed by atoms with van der Waals surface area (Å²) in [5.74, 6) is -0.153. The fraction of sp³-hybridized carbons (Fsp3) is 0.295. The number of carbonyl (C=O) groups is 5. The maximum atomic E-state index is 13.9. The summed E-state index contributed by atoms with van der Waals surface area (Å²) in [6, 6.07) is 18.8. The first-order chi connectivity index (χ1) is 29.1. The largest absolute Gasteiger partial charge is 0.465 e. The third-order valence-corrected chi connectivity index (χ3v) is 13.8. The number of aromatic amines is 2. The Bertz CT molecular complexity index is 2790. The first kappa shape index (κ1) is 39.1. The van der Waals surface area contributed by atoms with Gasteiger partial charge in [-0.05, 0) is 72.6 Å². The molecular formula is C44H42N8O6S2. The molecule has 6 heterocycles. The van der Waals surface area contributed by atoms with Gasteiger partial charge in [0.15, 0.2) is 0 Å². The molecule has 0 saturated carbocycles. The number of carbonyl (C=O) groups excluding carboxylic acids is 4. The molecule has 4 amide bonds. The lowest BCUT2D eigenvalue weighted by Crippen LogP contribution is -2.51. The van der Waals surface area contributed by atoms with Gasteiger partial charge in [0.2, 0.25) is 12.2 Å². The highest BCUT2D eigenvalue weighted by atomic mass is 32.1. The quantitative estimate of drug-likeness (QED) is 0.0645. The van der Waals surface area contributed by atoms with Crippen molar-refractivity contribution in [2.24, 2.45) is 5.92 Å². The predicted molar refractivity (Wildman–Crippen MR) is 230 cm³/mol. The van der Waals surface area contributed by atoms with Crippen LogP contribution in [0, 0.1) is 5.92 Å². The minimum atomic E-state index is -1.26. The number of fused-ring (bicyclic) bond motifs is 3. The molecule has 0 spiro atoms. The molecule has 5 N–H and O–H groups in total. The molecule has 4 aromatic heterocycles. The number of nitrogens with zero attached hydrogens (tertiary/aromatic N) is 4. The van der Waals surface area contributed by atoms with Gasteiger partial charge in [-0.15, -0.1) is 22.7 Å². The van der Waals surface area contributed by atoms with Gasteiger partial charge >= 0.3 is 6.09 Å². The van der Waals surface area contributed by atoms with E-state index in [2.05, 4.69) is 55.6 Å². The lowest BCUT2D eigenvalue weighted by molar-refractivity contribution is -0.140. The number of hydrogen-bond donors (Lipinski definition) is 5. The first-order valence-corrected chi connectivity index (χ1v) is 21.7. The molecule has 2 aliphatic heterocycles. The SMILES string of the molecule is CC(C)[C@@H](NC(=O)C=O)C(=O)N1CCCC1c1nc2ccc(-c3csc4c(-c5ccc6nc(C7CCCN7C(=O)[C@H](NC(=O)O)c7ccccc7)[nH]c6c5)csc34)cc2[nH]1. The molecule has 0 radical (unpaired) electrons. The topological polar surface area (TPSA) is 193 Å². The van der Waals surface area contributed by atoms with Crippen LogP contribution in [-0.2, 0) is 19.2 Å². The van der Waals surface area contributed by atoms with Crippen LogP contribution in [0.1, 0.15) is 74.9 Å². The number of nitrogens with one attached hydrogen (secondary N) is 4. The van der Waals surface area contributed by atoms with Crippen molar-refractivity contribution in [1.29, 1.82) is 0 Å². The van der Waals surface area contributed by atoms with Crippen LogP contribution in [0.15, 0.2) is 77.5 Å². The van der Waals surface area contributed by atoms with E-state index in [4.69, 9.17) is 9.97 Å². The fourth-order valence-electron chi connectivity index (χ4n) is 8.66. The van der Waals surface area contributed by atoms with Gasteiger partial charge in [-0.3, -0.25) is 19.2 Å². The molecule has 2 fully saturated rings. The zero-order valence-corrected chi connectivity index (χ0v) is 34.4. The number of imidazole rings is 2. The number of carboxylic acid groups (broad SMARTS) is 1. The van der Waals surface area contributed by atoms with Gasteiger partial charge in [0.25, 0.3) is 11.8 Å². The molecule has 9 rings (SSSR count). The molecule has 0 aliphatic carbocycles. The summed E-state index contributed by atoms with van der Waals surface area (Å²) in [5.41, 5.74) is 8.22. The summed E-state index contributed by atoms with van der Waals surface area (Å²) in [5, 5.41) is 18.9. The molecule has 306 valence electrons. The number of hydrogen-bond acceptors (Lipinski definition) is 9. The molecule has 2 aliphatic rings. The van der Waals surface area contributed by atoms with Gasteiger partial charge < -0.3 is 35.5 Å². The normalized spacial score (nSPS) is 17.8. The number of benzene rings is 3. The third kappa shape index (κ3) is 7.19. The summed E-state index contributed by atoms with van der Waals surface area (Å²) in [7, 11) is 0. The van der Waals surface area contributed by atoms with Gasteiger partial charge in [0.1, 0.15) is 23.7 Å². The molecule has 7 aromatic rings. The van der Waals surface area contributed by atoms with Crippen LogP contribution >= 0.6 is 22.7 Å². The van der Waals surface area contributed by atoms with Crippen molar-refractivity contribution in [2.45, 2.75) is 63.7 Å². The molecule has 2 saturated heterocycles. The summed E-state index contributed by atoms with van der Waals surface area (Å²) >= 11 is 3.38. The number of rotatable bonds is 11. The van der Waals surface area contributed by atoms with E-state index in [1.807, 2.05) is 32.0 Å². The second-order valence-electron chi connectivity index (χ2n) is 15.7. The van der Waals surface area contributed by atoms with E-state index >= 15 is 0 Å². The minimum absolute atomic E-state index is 0.194. The average Bonchev–Trinajstić information content (AvgIpc) is 4.11. The van der Waals surface area contributed by atoms with Crippen molar-refractivity contribution in [1.82, 2.24) is 40.4 Å². The molecular weight excluding hydrogens is 801 g/mol. The Hall–Kier alpha value is -6.39. The van der Waals surface area contributed by atoms with Crippen molar-refractivity contribution in [2.75, 3.05) is 13.1 Å². The molecule has 16 heteroatoms. The lowest BCUT2D eigenvalue weighted by atomic mass is 10.0. The standard InChI is InChI=1S/C44H42N8O6S2/c1-23(2)36(49-35(54)20-53)42(55)51-16-6-10-33(51)40-45-29-14-12-25(18-31(29)47-40)27-21-59-39-28(22-60-38(27)39)26-13-15-30-32(19-26)48-41(46-30)34-11-7-17-52(34)43(56)37(50-44(57)58)24-8-4-3-5-9-24/h3-5,8-9,12-15,18-23,33-34,36-37,50H,6-7,10-11,16-17H2,1-2H3,(H,45,47)(H,46,48)(H,49,54)(H,57,58)/t33?,34?,36-,37-/m1/s1. The van der Waals surface area contributed by atoms with Crippen LogP contribution in [0.4, 0.5) is 4.79 Å². The van der Waals surface area contributed by atoms with Gasteiger partial charge in [-0.25, -0.2) is 14.8 Å². The van der Waals surface area contributed by atoms with Gasteiger partial charge in [0.05, 0.1) is 43.6 Å². The van der Waals surface area contributed by atoms with Crippen molar-refractivity contribution in [3.63, 3.8) is 0 Å². The summed E-state index contributed by atoms with van der Waals surface area (Å²) in [4.78, 5) is 82.4. The Labute approximate surface area is 352 Å². The Morgan fingerprint density at radius 2 is 1.30 bits per heavy atom. The molecule has 60 heavy (non-hydrogen) atoms. The van der Waals surface area contributed by atoms with E-state index in [9.17, 15) is 29.1 Å². The number of H-pyrrole nitrogens is 2. The van der Waals surface area contributed by atoms with E-state index in [0.29, 0.717) is 36.7 Å². The smallest absolute Gasteiger partial charge is 0.405 e. The van der Waals surface area contributed by atoms with Crippen molar-refractivity contribution >= 4 is 84.2 Å². The number of amides is 4. The van der Waals surface area contributed by atoms with Crippen LogP contribution in [0.25, 0.3) is 53.7 Å². The van der Waals surface area contributed by atoms with E-state index < -0.39 is 24.1 Å². The van der Waals surface area contributed by atoms with Crippen molar-refractivity contribution < 1.29 is 29.1 Å². The molecule has 14 nitrogen and oxygen atoms in total. The Morgan fingerprint density at radius 1 is 0.767 bits per heavy atom. The van der Waals surface area contributed by atoms with E-state index in [1.54, 1.807) is 56.7 Å². The van der Waals surface area contributed by atoms with Crippen LogP contribution in [0.5, 0.6) is 0 Å².